The van der Waals surface area contributed by atoms with Gasteiger partial charge in [0.25, 0.3) is 0 Å². The molecule has 2 aromatic rings. The molecule has 0 saturated carbocycles. The quantitative estimate of drug-likeness (QED) is 0.209. The minimum atomic E-state index is -4.78. The third-order valence-corrected chi connectivity index (χ3v) is 3.87. The second-order valence-corrected chi connectivity index (χ2v) is 5.55. The van der Waals surface area contributed by atoms with Crippen LogP contribution in [0, 0.1) is 11.3 Å². The largest absolute Gasteiger partial charge is 0.417 e. The highest BCUT2D eigenvalue weighted by molar-refractivity contribution is 7.98. The lowest BCUT2D eigenvalue weighted by Crippen LogP contribution is -2.34. The van der Waals surface area contributed by atoms with Gasteiger partial charge in [-0.2, -0.15) is 18.4 Å². The normalized spacial score (nSPS) is 10.9. The second kappa shape index (κ2) is 7.46. The number of nitrogen functional groups attached to an aromatic ring is 1. The van der Waals surface area contributed by atoms with E-state index in [1.165, 1.54) is 6.07 Å². The van der Waals surface area contributed by atoms with Gasteiger partial charge in [-0.05, 0) is 18.4 Å². The predicted molar refractivity (Wildman–Crippen MR) is 89.7 cm³/mol. The molecular weight excluding hydrogens is 371 g/mol. The molecule has 2 amide bonds. The lowest BCUT2D eigenvalue weighted by molar-refractivity contribution is -0.137. The number of rotatable bonds is 3. The Kier molecular flexibility index (Phi) is 5.53. The highest BCUT2D eigenvalue weighted by Gasteiger charge is 2.36. The van der Waals surface area contributed by atoms with E-state index in [0.29, 0.717) is 0 Å². The lowest BCUT2D eigenvalue weighted by Gasteiger charge is -2.18. The number of nitrogens with two attached hydrogens (primary N) is 2. The molecule has 0 atom stereocenters. The Morgan fingerprint density at radius 2 is 2.04 bits per heavy atom. The fourth-order valence-corrected chi connectivity index (χ4v) is 2.72. The molecule has 6 N–H and O–H groups in total. The molecule has 26 heavy (non-hydrogen) atoms. The Labute approximate surface area is 149 Å². The summed E-state index contributed by atoms with van der Waals surface area (Å²) in [5.41, 5.74) is 4.95. The number of nitriles is 1. The van der Waals surface area contributed by atoms with E-state index >= 15 is 0 Å². The number of benzene rings is 1. The lowest BCUT2D eigenvalue weighted by atomic mass is 9.98. The zero-order valence-electron chi connectivity index (χ0n) is 13.2. The molecule has 1 aromatic carbocycles. The SMILES string of the molecule is CSc1nc(N)nc(-c2c(NC(=O)NN)cccc2C(F)(F)F)c1C#N. The fraction of sp³-hybridized carbons (Fsp3) is 0.143. The van der Waals surface area contributed by atoms with Crippen LogP contribution in [-0.2, 0) is 6.18 Å². The van der Waals surface area contributed by atoms with Crippen LogP contribution in [0.15, 0.2) is 23.2 Å². The zero-order valence-corrected chi connectivity index (χ0v) is 14.0. The van der Waals surface area contributed by atoms with Crippen LogP contribution in [0.4, 0.5) is 29.6 Å². The molecule has 12 heteroatoms. The van der Waals surface area contributed by atoms with Gasteiger partial charge in [-0.1, -0.05) is 6.07 Å². The van der Waals surface area contributed by atoms with E-state index in [1.807, 2.05) is 0 Å². The number of thioether (sulfide) groups is 1. The van der Waals surface area contributed by atoms with Crippen molar-refractivity contribution in [1.29, 1.82) is 5.26 Å². The first-order chi connectivity index (χ1) is 12.2. The number of halogens is 3. The van der Waals surface area contributed by atoms with Crippen molar-refractivity contribution in [2.24, 2.45) is 5.84 Å². The summed E-state index contributed by atoms with van der Waals surface area (Å²) < 4.78 is 40.6. The van der Waals surface area contributed by atoms with Crippen LogP contribution in [-0.4, -0.2) is 22.3 Å². The summed E-state index contributed by atoms with van der Waals surface area (Å²) in [6.07, 6.45) is -3.19. The van der Waals surface area contributed by atoms with Gasteiger partial charge in [0.1, 0.15) is 16.7 Å². The number of alkyl halides is 3. The molecule has 0 aliphatic heterocycles. The first-order valence-corrected chi connectivity index (χ1v) is 8.05. The first kappa shape index (κ1) is 19.3. The average molecular weight is 383 g/mol. The molecule has 1 aromatic heterocycles. The zero-order chi connectivity index (χ0) is 19.5. The Bertz CT molecular complexity index is 895. The van der Waals surface area contributed by atoms with Crippen LogP contribution in [0.3, 0.4) is 0 Å². The van der Waals surface area contributed by atoms with E-state index in [9.17, 15) is 23.2 Å². The number of urea groups is 1. The van der Waals surface area contributed by atoms with Crippen LogP contribution >= 0.6 is 11.8 Å². The number of aromatic nitrogens is 2. The highest BCUT2D eigenvalue weighted by atomic mass is 32.2. The van der Waals surface area contributed by atoms with Crippen LogP contribution in [0.2, 0.25) is 0 Å². The smallest absolute Gasteiger partial charge is 0.368 e. The van der Waals surface area contributed by atoms with E-state index < -0.39 is 23.3 Å². The molecule has 0 fully saturated rings. The van der Waals surface area contributed by atoms with E-state index in [-0.39, 0.29) is 27.9 Å². The molecule has 136 valence electrons. The molecular formula is C14H12F3N7OS. The minimum absolute atomic E-state index is 0.112. The number of nitrogens with zero attached hydrogens (tertiary/aromatic N) is 3. The fourth-order valence-electron chi connectivity index (χ4n) is 2.19. The van der Waals surface area contributed by atoms with Crippen LogP contribution < -0.4 is 22.3 Å². The Morgan fingerprint density at radius 3 is 2.58 bits per heavy atom. The van der Waals surface area contributed by atoms with E-state index in [2.05, 4.69) is 15.3 Å². The van der Waals surface area contributed by atoms with Crippen molar-refractivity contribution < 1.29 is 18.0 Å². The van der Waals surface area contributed by atoms with E-state index in [4.69, 9.17) is 11.6 Å². The van der Waals surface area contributed by atoms with Crippen molar-refractivity contribution >= 4 is 29.4 Å². The number of anilines is 2. The third kappa shape index (κ3) is 3.79. The number of carbonyl (C=O) groups excluding carboxylic acids is 1. The topological polar surface area (TPSA) is 143 Å². The number of nitrogens with one attached hydrogen (secondary N) is 2. The predicted octanol–water partition coefficient (Wildman–Crippen LogP) is 2.33. The molecule has 0 saturated heterocycles. The van der Waals surface area contributed by atoms with Gasteiger partial charge in [-0.15, -0.1) is 11.8 Å². The van der Waals surface area contributed by atoms with Crippen LogP contribution in [0.1, 0.15) is 11.1 Å². The molecule has 0 bridgehead atoms. The summed E-state index contributed by atoms with van der Waals surface area (Å²) in [4.78, 5) is 19.2. The van der Waals surface area contributed by atoms with Crippen molar-refractivity contribution in [2.45, 2.75) is 11.2 Å². The van der Waals surface area contributed by atoms with Gasteiger partial charge < -0.3 is 11.1 Å². The van der Waals surface area contributed by atoms with Gasteiger partial charge in [0.15, 0.2) is 0 Å². The number of carbonyl (C=O) groups is 1. The van der Waals surface area contributed by atoms with Gasteiger partial charge in [0, 0.05) is 5.56 Å². The minimum Gasteiger partial charge on any atom is -0.368 e. The van der Waals surface area contributed by atoms with Gasteiger partial charge in [0.05, 0.1) is 16.9 Å². The number of hydrogen-bond acceptors (Lipinski definition) is 7. The summed E-state index contributed by atoms with van der Waals surface area (Å²) in [5.74, 6) is 4.66. The maximum absolute atomic E-state index is 13.5. The van der Waals surface area contributed by atoms with Gasteiger partial charge in [-0.3, -0.25) is 5.43 Å². The maximum Gasteiger partial charge on any atom is 0.417 e. The summed E-state index contributed by atoms with van der Waals surface area (Å²) in [7, 11) is 0. The van der Waals surface area contributed by atoms with E-state index in [1.54, 1.807) is 17.8 Å². The molecule has 0 spiro atoms. The van der Waals surface area contributed by atoms with Gasteiger partial charge >= 0.3 is 12.2 Å². The molecule has 8 nitrogen and oxygen atoms in total. The van der Waals surface area contributed by atoms with Crippen molar-refractivity contribution in [3.8, 4) is 17.3 Å². The number of hydrogen-bond donors (Lipinski definition) is 4. The molecule has 2 rings (SSSR count). The molecule has 1 heterocycles. The summed E-state index contributed by atoms with van der Waals surface area (Å²) in [6, 6.07) is 3.97. The molecule has 0 aliphatic carbocycles. The van der Waals surface area contributed by atoms with E-state index in [0.717, 1.165) is 23.9 Å². The number of hydrazine groups is 1. The van der Waals surface area contributed by atoms with Crippen molar-refractivity contribution in [1.82, 2.24) is 15.4 Å². The number of amides is 2. The van der Waals surface area contributed by atoms with Crippen LogP contribution in [0.5, 0.6) is 0 Å². The molecule has 0 unspecified atom stereocenters. The average Bonchev–Trinajstić information content (AvgIpc) is 2.59. The Hall–Kier alpha value is -3.04. The van der Waals surface area contributed by atoms with Gasteiger partial charge in [-0.25, -0.2) is 20.6 Å². The highest BCUT2D eigenvalue weighted by Crippen LogP contribution is 2.42. The van der Waals surface area contributed by atoms with Crippen molar-refractivity contribution in [2.75, 3.05) is 17.3 Å². The van der Waals surface area contributed by atoms with Crippen LogP contribution in [0.25, 0.3) is 11.3 Å². The summed E-state index contributed by atoms with van der Waals surface area (Å²) >= 11 is 1.03. The third-order valence-electron chi connectivity index (χ3n) is 3.18. The Morgan fingerprint density at radius 1 is 1.35 bits per heavy atom. The Balaban J connectivity index is 2.89. The maximum atomic E-state index is 13.5. The van der Waals surface area contributed by atoms with Crippen molar-refractivity contribution in [3.05, 3.63) is 29.3 Å². The van der Waals surface area contributed by atoms with Crippen molar-refractivity contribution in [3.63, 3.8) is 0 Å². The standard InChI is InChI=1S/C14H12F3N7OS/c1-26-11-6(5-18)10(22-12(19)23-11)9-7(14(15,16)17)3-2-4-8(9)21-13(25)24-20/h2-4H,20H2,1H3,(H2,19,22,23)(H2,21,24,25). The molecule has 0 aliphatic rings. The summed E-state index contributed by atoms with van der Waals surface area (Å²) in [6.45, 7) is 0. The summed E-state index contributed by atoms with van der Waals surface area (Å²) in [5, 5.41) is 11.7. The van der Waals surface area contributed by atoms with Gasteiger partial charge in [0.2, 0.25) is 5.95 Å². The monoisotopic (exact) mass is 383 g/mol. The second-order valence-electron chi connectivity index (χ2n) is 4.75. The molecule has 0 radical (unpaired) electrons. The first-order valence-electron chi connectivity index (χ1n) is 6.82.